The molecule has 0 radical (unpaired) electrons. The van der Waals surface area contributed by atoms with E-state index in [1.807, 2.05) is 17.5 Å². The smallest absolute Gasteiger partial charge is 0.337 e. The number of hydrogen-bond donors (Lipinski definition) is 1. The van der Waals surface area contributed by atoms with Gasteiger partial charge in [-0.15, -0.1) is 21.5 Å². The number of carboxylic acid groups (broad SMARTS) is 1. The van der Waals surface area contributed by atoms with Crippen LogP contribution in [-0.4, -0.2) is 25.7 Å². The van der Waals surface area contributed by atoms with Gasteiger partial charge in [-0.1, -0.05) is 17.7 Å². The van der Waals surface area contributed by atoms with E-state index in [0.29, 0.717) is 11.5 Å². The van der Waals surface area contributed by atoms with Crippen molar-refractivity contribution < 1.29 is 9.90 Å². The number of aromatic nitrogens is 3. The Morgan fingerprint density at radius 3 is 2.94 bits per heavy atom. The van der Waals surface area contributed by atoms with Gasteiger partial charge in [0.15, 0.2) is 11.5 Å². The van der Waals surface area contributed by atoms with Gasteiger partial charge in [0.05, 0.1) is 15.5 Å². The Labute approximate surface area is 110 Å². The number of hydrogen-bond acceptors (Lipinski definition) is 4. The lowest BCUT2D eigenvalue weighted by atomic mass is 10.3. The summed E-state index contributed by atoms with van der Waals surface area (Å²) in [6.07, 6.45) is 1.47. The predicted molar refractivity (Wildman–Crippen MR) is 68.3 cm³/mol. The van der Waals surface area contributed by atoms with E-state index in [4.69, 9.17) is 16.7 Å². The highest BCUT2D eigenvalue weighted by Gasteiger charge is 2.14. The molecule has 0 aromatic carbocycles. The first-order valence-electron chi connectivity index (χ1n) is 4.98. The van der Waals surface area contributed by atoms with Gasteiger partial charge in [0.1, 0.15) is 0 Å². The topological polar surface area (TPSA) is 67.5 Å². The lowest BCUT2D eigenvalue weighted by Gasteiger charge is -2.01. The molecular formula is C11H6ClN3O2S. The van der Waals surface area contributed by atoms with Crippen LogP contribution < -0.4 is 0 Å². The molecule has 0 unspecified atom stereocenters. The molecular weight excluding hydrogens is 274 g/mol. The molecule has 0 amide bonds. The van der Waals surface area contributed by atoms with E-state index < -0.39 is 5.97 Å². The van der Waals surface area contributed by atoms with Crippen LogP contribution in [0.3, 0.4) is 0 Å². The maximum Gasteiger partial charge on any atom is 0.337 e. The quantitative estimate of drug-likeness (QED) is 0.783. The summed E-state index contributed by atoms with van der Waals surface area (Å²) in [7, 11) is 0. The normalized spacial score (nSPS) is 10.9. The fourth-order valence-electron chi connectivity index (χ4n) is 1.64. The number of thiophene rings is 1. The van der Waals surface area contributed by atoms with Gasteiger partial charge >= 0.3 is 5.97 Å². The van der Waals surface area contributed by atoms with Crippen molar-refractivity contribution in [1.82, 2.24) is 14.6 Å². The molecule has 1 N–H and O–H groups in total. The maximum absolute atomic E-state index is 11.0. The van der Waals surface area contributed by atoms with Crippen LogP contribution in [0, 0.1) is 0 Å². The molecule has 3 aromatic rings. The van der Waals surface area contributed by atoms with Crippen LogP contribution in [0.15, 0.2) is 29.8 Å². The molecule has 5 nitrogen and oxygen atoms in total. The minimum absolute atomic E-state index is 0.102. The first kappa shape index (κ1) is 11.2. The molecule has 0 aliphatic heterocycles. The van der Waals surface area contributed by atoms with Crippen LogP contribution in [0.2, 0.25) is 5.02 Å². The van der Waals surface area contributed by atoms with Crippen molar-refractivity contribution in [2.75, 3.05) is 0 Å². The zero-order chi connectivity index (χ0) is 12.7. The van der Waals surface area contributed by atoms with Crippen molar-refractivity contribution in [3.05, 3.63) is 40.4 Å². The van der Waals surface area contributed by atoms with Crippen molar-refractivity contribution in [3.8, 4) is 10.7 Å². The van der Waals surface area contributed by atoms with Crippen LogP contribution in [0.5, 0.6) is 0 Å². The van der Waals surface area contributed by atoms with E-state index in [1.54, 1.807) is 4.40 Å². The van der Waals surface area contributed by atoms with E-state index in [1.165, 1.54) is 23.6 Å². The summed E-state index contributed by atoms with van der Waals surface area (Å²) in [5, 5.41) is 19.2. The van der Waals surface area contributed by atoms with Crippen LogP contribution in [0.1, 0.15) is 10.4 Å². The second-order valence-electron chi connectivity index (χ2n) is 3.58. The Morgan fingerprint density at radius 2 is 2.28 bits per heavy atom. The SMILES string of the molecule is O=C(O)c1cc(Cl)c2nnc(-c3cccs3)n2c1. The molecule has 3 rings (SSSR count). The Balaban J connectivity index is 2.32. The van der Waals surface area contributed by atoms with E-state index in [9.17, 15) is 4.79 Å². The van der Waals surface area contributed by atoms with Gasteiger partial charge in [-0.25, -0.2) is 4.79 Å². The number of carboxylic acids is 1. The van der Waals surface area contributed by atoms with Gasteiger partial charge in [-0.3, -0.25) is 4.40 Å². The predicted octanol–water partition coefficient (Wildman–Crippen LogP) is 2.81. The second-order valence-corrected chi connectivity index (χ2v) is 4.93. The van der Waals surface area contributed by atoms with Crippen LogP contribution >= 0.6 is 22.9 Å². The standard InChI is InChI=1S/C11H6ClN3O2S/c12-7-4-6(11(16)17)5-15-9(7)13-14-10(15)8-2-1-3-18-8/h1-5H,(H,16,17). The third kappa shape index (κ3) is 1.66. The summed E-state index contributed by atoms with van der Waals surface area (Å²) < 4.78 is 1.59. The first-order chi connectivity index (χ1) is 8.66. The summed E-state index contributed by atoms with van der Waals surface area (Å²) in [5.74, 6) is -0.449. The number of pyridine rings is 1. The van der Waals surface area contributed by atoms with Gasteiger partial charge in [0, 0.05) is 6.20 Å². The zero-order valence-corrected chi connectivity index (χ0v) is 10.4. The van der Waals surface area contributed by atoms with Crippen molar-refractivity contribution in [1.29, 1.82) is 0 Å². The van der Waals surface area contributed by atoms with E-state index in [2.05, 4.69) is 10.2 Å². The number of nitrogens with zero attached hydrogens (tertiary/aromatic N) is 3. The maximum atomic E-state index is 11.0. The van der Waals surface area contributed by atoms with Crippen molar-refractivity contribution >= 4 is 34.6 Å². The van der Waals surface area contributed by atoms with E-state index in [-0.39, 0.29) is 10.6 Å². The summed E-state index contributed by atoms with van der Waals surface area (Å²) in [6, 6.07) is 5.15. The zero-order valence-electron chi connectivity index (χ0n) is 8.87. The Bertz CT molecular complexity index is 736. The lowest BCUT2D eigenvalue weighted by Crippen LogP contribution is -2.00. The molecule has 0 bridgehead atoms. The highest BCUT2D eigenvalue weighted by molar-refractivity contribution is 7.13. The van der Waals surface area contributed by atoms with Gasteiger partial charge in [0.25, 0.3) is 0 Å². The summed E-state index contributed by atoms with van der Waals surface area (Å²) in [5.41, 5.74) is 0.551. The molecule has 7 heteroatoms. The fourth-order valence-corrected chi connectivity index (χ4v) is 2.60. The number of halogens is 1. The average Bonchev–Trinajstić information content (AvgIpc) is 2.96. The van der Waals surface area contributed by atoms with Gasteiger partial charge in [-0.2, -0.15) is 0 Å². The fraction of sp³-hybridized carbons (Fsp3) is 0. The highest BCUT2D eigenvalue weighted by Crippen LogP contribution is 2.26. The third-order valence-corrected chi connectivity index (χ3v) is 3.59. The molecule has 0 saturated carbocycles. The highest BCUT2D eigenvalue weighted by atomic mass is 35.5. The van der Waals surface area contributed by atoms with Gasteiger partial charge < -0.3 is 5.11 Å². The molecule has 3 heterocycles. The minimum atomic E-state index is -1.04. The van der Waals surface area contributed by atoms with Crippen molar-refractivity contribution in [2.45, 2.75) is 0 Å². The number of rotatable bonds is 2. The summed E-state index contributed by atoms with van der Waals surface area (Å²) in [4.78, 5) is 11.9. The Kier molecular flexibility index (Phi) is 2.53. The number of fused-ring (bicyclic) bond motifs is 1. The minimum Gasteiger partial charge on any atom is -0.478 e. The molecule has 0 atom stereocenters. The molecule has 0 aliphatic carbocycles. The number of aromatic carboxylic acids is 1. The van der Waals surface area contributed by atoms with Crippen LogP contribution in [-0.2, 0) is 0 Å². The molecule has 0 saturated heterocycles. The molecule has 0 spiro atoms. The molecule has 0 aliphatic rings. The van der Waals surface area contributed by atoms with E-state index >= 15 is 0 Å². The summed E-state index contributed by atoms with van der Waals surface area (Å²) in [6.45, 7) is 0. The van der Waals surface area contributed by atoms with Gasteiger partial charge in [-0.05, 0) is 17.5 Å². The first-order valence-corrected chi connectivity index (χ1v) is 6.24. The monoisotopic (exact) mass is 279 g/mol. The Morgan fingerprint density at radius 1 is 1.44 bits per heavy atom. The van der Waals surface area contributed by atoms with Crippen LogP contribution in [0.25, 0.3) is 16.3 Å². The molecule has 90 valence electrons. The molecule has 3 aromatic heterocycles. The van der Waals surface area contributed by atoms with Crippen molar-refractivity contribution in [3.63, 3.8) is 0 Å². The second kappa shape index (κ2) is 4.08. The molecule has 0 fully saturated rings. The largest absolute Gasteiger partial charge is 0.478 e. The molecule has 18 heavy (non-hydrogen) atoms. The van der Waals surface area contributed by atoms with Gasteiger partial charge in [0.2, 0.25) is 0 Å². The van der Waals surface area contributed by atoms with E-state index in [0.717, 1.165) is 4.88 Å². The average molecular weight is 280 g/mol. The van der Waals surface area contributed by atoms with Crippen molar-refractivity contribution in [2.24, 2.45) is 0 Å². The van der Waals surface area contributed by atoms with Crippen LogP contribution in [0.4, 0.5) is 0 Å². The lowest BCUT2D eigenvalue weighted by molar-refractivity contribution is 0.0696. The number of carbonyl (C=O) groups is 1. The third-order valence-electron chi connectivity index (χ3n) is 2.45. The Hall–Kier alpha value is -1.92. The summed E-state index contributed by atoms with van der Waals surface area (Å²) >= 11 is 7.50.